The summed E-state index contributed by atoms with van der Waals surface area (Å²) in [6.45, 7) is 8.57. The highest BCUT2D eigenvalue weighted by Gasteiger charge is 2.24. The predicted octanol–water partition coefficient (Wildman–Crippen LogP) is 10.1. The zero-order valence-corrected chi connectivity index (χ0v) is 26.9. The topological polar surface area (TPSA) is 80.4 Å². The van der Waals surface area contributed by atoms with E-state index >= 15 is 0 Å². The Labute approximate surface area is 247 Å². The molecule has 1 unspecified atom stereocenters. The van der Waals surface area contributed by atoms with Crippen LogP contribution in [0.15, 0.2) is 59.5 Å². The van der Waals surface area contributed by atoms with Crippen LogP contribution in [0, 0.1) is 12.8 Å². The van der Waals surface area contributed by atoms with Crippen molar-refractivity contribution in [2.45, 2.75) is 147 Å². The van der Waals surface area contributed by atoms with Crippen LogP contribution in [-0.4, -0.2) is 18.5 Å². The van der Waals surface area contributed by atoms with Crippen molar-refractivity contribution in [2.24, 2.45) is 11.7 Å². The van der Waals surface area contributed by atoms with Gasteiger partial charge in [-0.3, -0.25) is 4.55 Å². The van der Waals surface area contributed by atoms with Gasteiger partial charge in [0.25, 0.3) is 10.1 Å². The van der Waals surface area contributed by atoms with Gasteiger partial charge in [0.2, 0.25) is 0 Å². The molecule has 0 saturated heterocycles. The van der Waals surface area contributed by atoms with E-state index in [-0.39, 0.29) is 10.4 Å². The first-order chi connectivity index (χ1) is 19.0. The molecule has 0 heterocycles. The molecule has 0 bridgehead atoms. The van der Waals surface area contributed by atoms with Crippen molar-refractivity contribution >= 4 is 10.1 Å². The van der Waals surface area contributed by atoms with Crippen molar-refractivity contribution in [3.05, 3.63) is 65.7 Å². The van der Waals surface area contributed by atoms with Crippen LogP contribution in [0.25, 0.3) is 0 Å². The van der Waals surface area contributed by atoms with Gasteiger partial charge in [0, 0.05) is 5.54 Å². The molecule has 0 radical (unpaired) electrons. The average Bonchev–Trinajstić information content (AvgIpc) is 2.90. The minimum Gasteiger partial charge on any atom is -0.325 e. The highest BCUT2D eigenvalue weighted by atomic mass is 32.2. The maximum atomic E-state index is 10.5. The summed E-state index contributed by atoms with van der Waals surface area (Å²) in [7, 11) is -4.02. The SMILES string of the molecule is CCCCCCCCCCCCCCCCC(CCc1ccccc1)C(C)(C)N.Cc1ccc(S(=O)(=O)O)cc1. The number of unbranched alkanes of at least 4 members (excludes halogenated alkanes) is 13. The molecular formula is C35H59NO3S. The second-order valence-electron chi connectivity index (χ2n) is 12.2. The fourth-order valence-electron chi connectivity index (χ4n) is 5.17. The van der Waals surface area contributed by atoms with Gasteiger partial charge in [0.05, 0.1) is 4.90 Å². The van der Waals surface area contributed by atoms with Crippen LogP contribution in [0.5, 0.6) is 0 Å². The lowest BCUT2D eigenvalue weighted by Gasteiger charge is -2.31. The molecule has 2 aromatic rings. The van der Waals surface area contributed by atoms with Crippen molar-refractivity contribution in [3.8, 4) is 0 Å². The van der Waals surface area contributed by atoms with E-state index in [1.54, 1.807) is 12.1 Å². The highest BCUT2D eigenvalue weighted by Crippen LogP contribution is 2.26. The lowest BCUT2D eigenvalue weighted by Crippen LogP contribution is -2.41. The predicted molar refractivity (Wildman–Crippen MR) is 172 cm³/mol. The van der Waals surface area contributed by atoms with Gasteiger partial charge in [-0.25, -0.2) is 0 Å². The molecule has 2 rings (SSSR count). The second kappa shape index (κ2) is 21.1. The van der Waals surface area contributed by atoms with Gasteiger partial charge in [0.1, 0.15) is 0 Å². The van der Waals surface area contributed by atoms with E-state index in [2.05, 4.69) is 51.1 Å². The lowest BCUT2D eigenvalue weighted by atomic mass is 9.80. The van der Waals surface area contributed by atoms with E-state index in [4.69, 9.17) is 10.3 Å². The summed E-state index contributed by atoms with van der Waals surface area (Å²) in [5.74, 6) is 0.625. The number of aryl methyl sites for hydroxylation is 2. The molecule has 4 nitrogen and oxygen atoms in total. The molecule has 0 spiro atoms. The van der Waals surface area contributed by atoms with Crippen molar-refractivity contribution in [1.82, 2.24) is 0 Å². The first-order valence-corrected chi connectivity index (χ1v) is 17.3. The van der Waals surface area contributed by atoms with Gasteiger partial charge >= 0.3 is 0 Å². The van der Waals surface area contributed by atoms with Crippen LogP contribution < -0.4 is 5.73 Å². The first kappa shape index (κ1) is 36.3. The molecule has 0 saturated carbocycles. The van der Waals surface area contributed by atoms with Gasteiger partial charge < -0.3 is 5.73 Å². The van der Waals surface area contributed by atoms with Crippen LogP contribution in [-0.2, 0) is 16.5 Å². The Balaban J connectivity index is 0.000000603. The van der Waals surface area contributed by atoms with Gasteiger partial charge in [-0.1, -0.05) is 145 Å². The Morgan fingerprint density at radius 2 is 1.15 bits per heavy atom. The Bertz CT molecular complexity index is 966. The van der Waals surface area contributed by atoms with E-state index in [0.29, 0.717) is 5.92 Å². The van der Waals surface area contributed by atoms with Crippen LogP contribution in [0.2, 0.25) is 0 Å². The lowest BCUT2D eigenvalue weighted by molar-refractivity contribution is 0.275. The molecule has 0 aliphatic carbocycles. The fraction of sp³-hybridized carbons (Fsp3) is 0.657. The Kier molecular flexibility index (Phi) is 19.1. The molecule has 0 fully saturated rings. The molecule has 3 N–H and O–H groups in total. The van der Waals surface area contributed by atoms with E-state index in [1.807, 2.05) is 6.92 Å². The Hall–Kier alpha value is -1.69. The monoisotopic (exact) mass is 573 g/mol. The van der Waals surface area contributed by atoms with E-state index in [1.165, 1.54) is 120 Å². The molecule has 0 aromatic heterocycles. The summed E-state index contributed by atoms with van der Waals surface area (Å²) in [5, 5.41) is 0. The minimum absolute atomic E-state index is 0.0642. The van der Waals surface area contributed by atoms with Crippen molar-refractivity contribution in [2.75, 3.05) is 0 Å². The standard InChI is InChI=1S/C28H51N.C7H8O3S/c1-4-5-6-7-8-9-10-11-12-13-14-15-16-20-23-27(28(2,3)29)25-24-26-21-18-17-19-22-26;1-6-2-4-7(5-3-6)11(8,9)10/h17-19,21-22,27H,4-16,20,23-25,29H2,1-3H3;2-5H,1H3,(H,8,9,10). The zero-order chi connectivity index (χ0) is 29.7. The number of rotatable bonds is 20. The van der Waals surface area contributed by atoms with Gasteiger partial charge in [0.15, 0.2) is 0 Å². The maximum absolute atomic E-state index is 10.5. The third kappa shape index (κ3) is 18.6. The summed E-state index contributed by atoms with van der Waals surface area (Å²) in [5.41, 5.74) is 8.84. The van der Waals surface area contributed by atoms with Gasteiger partial charge in [-0.2, -0.15) is 8.42 Å². The number of benzene rings is 2. The molecule has 0 aliphatic rings. The van der Waals surface area contributed by atoms with E-state index < -0.39 is 10.1 Å². The molecule has 40 heavy (non-hydrogen) atoms. The highest BCUT2D eigenvalue weighted by molar-refractivity contribution is 7.85. The summed E-state index contributed by atoms with van der Waals surface area (Å²) >= 11 is 0. The molecular weight excluding hydrogens is 514 g/mol. The van der Waals surface area contributed by atoms with Crippen molar-refractivity contribution < 1.29 is 13.0 Å². The normalized spacial score (nSPS) is 12.6. The van der Waals surface area contributed by atoms with Crippen molar-refractivity contribution in [3.63, 3.8) is 0 Å². The zero-order valence-electron chi connectivity index (χ0n) is 26.0. The van der Waals surface area contributed by atoms with Crippen LogP contribution in [0.4, 0.5) is 0 Å². The fourth-order valence-corrected chi connectivity index (χ4v) is 5.65. The van der Waals surface area contributed by atoms with Crippen LogP contribution >= 0.6 is 0 Å². The molecule has 5 heteroatoms. The Morgan fingerprint density at radius 3 is 1.57 bits per heavy atom. The van der Waals surface area contributed by atoms with E-state index in [0.717, 1.165) is 12.0 Å². The summed E-state index contributed by atoms with van der Waals surface area (Å²) in [4.78, 5) is -0.0666. The number of nitrogens with two attached hydrogens (primary N) is 1. The summed E-state index contributed by atoms with van der Waals surface area (Å²) in [6, 6.07) is 16.9. The van der Waals surface area contributed by atoms with Crippen LogP contribution in [0.3, 0.4) is 0 Å². The molecule has 1 atom stereocenters. The average molecular weight is 574 g/mol. The van der Waals surface area contributed by atoms with Gasteiger partial charge in [-0.15, -0.1) is 0 Å². The van der Waals surface area contributed by atoms with Gasteiger partial charge in [-0.05, 0) is 63.6 Å². The largest absolute Gasteiger partial charge is 0.325 e. The van der Waals surface area contributed by atoms with Crippen molar-refractivity contribution in [1.29, 1.82) is 0 Å². The number of hydrogen-bond donors (Lipinski definition) is 2. The minimum atomic E-state index is -4.02. The molecule has 228 valence electrons. The third-order valence-electron chi connectivity index (χ3n) is 7.90. The smallest absolute Gasteiger partial charge is 0.294 e. The van der Waals surface area contributed by atoms with E-state index in [9.17, 15) is 8.42 Å². The Morgan fingerprint density at radius 1 is 0.700 bits per heavy atom. The second-order valence-corrected chi connectivity index (χ2v) is 13.6. The molecule has 0 aliphatic heterocycles. The quantitative estimate of drug-likeness (QED) is 0.122. The first-order valence-electron chi connectivity index (χ1n) is 15.9. The summed E-state index contributed by atoms with van der Waals surface area (Å²) in [6.07, 6.45) is 23.6. The molecule has 2 aromatic carbocycles. The molecule has 0 amide bonds. The third-order valence-corrected chi connectivity index (χ3v) is 8.77. The summed E-state index contributed by atoms with van der Waals surface area (Å²) < 4.78 is 29.6. The maximum Gasteiger partial charge on any atom is 0.294 e. The van der Waals surface area contributed by atoms with Crippen LogP contribution in [0.1, 0.15) is 135 Å². The number of hydrogen-bond acceptors (Lipinski definition) is 3.